The average molecular weight is 217 g/mol. The Morgan fingerprint density at radius 2 is 2.29 bits per heavy atom. The van der Waals surface area contributed by atoms with Gasteiger partial charge in [-0.3, -0.25) is 4.79 Å². The van der Waals surface area contributed by atoms with Crippen molar-refractivity contribution in [1.29, 1.82) is 0 Å². The van der Waals surface area contributed by atoms with Gasteiger partial charge in [0.25, 0.3) is 0 Å². The standard InChI is InChI=1S/C10H19NO2S/c1-3-4-5-10(13)11-9(8-12)6-7-14-2/h8-9H,3-7H2,1-2H3,(H,11,13)/t9-/m0/s1. The van der Waals surface area contributed by atoms with Crippen LogP contribution in [0.4, 0.5) is 0 Å². The first-order valence-corrected chi connectivity index (χ1v) is 6.37. The molecular weight excluding hydrogens is 198 g/mol. The summed E-state index contributed by atoms with van der Waals surface area (Å²) in [4.78, 5) is 21.9. The van der Waals surface area contributed by atoms with Crippen LogP contribution in [-0.2, 0) is 9.59 Å². The van der Waals surface area contributed by atoms with Crippen molar-refractivity contribution in [3.63, 3.8) is 0 Å². The molecule has 0 fully saturated rings. The molecule has 3 nitrogen and oxygen atoms in total. The van der Waals surface area contributed by atoms with Gasteiger partial charge in [0, 0.05) is 6.42 Å². The van der Waals surface area contributed by atoms with Crippen molar-refractivity contribution in [2.24, 2.45) is 0 Å². The topological polar surface area (TPSA) is 46.2 Å². The summed E-state index contributed by atoms with van der Waals surface area (Å²) in [5.41, 5.74) is 0. The maximum absolute atomic E-state index is 11.3. The normalized spacial score (nSPS) is 12.1. The highest BCUT2D eigenvalue weighted by Gasteiger charge is 2.09. The Bertz CT molecular complexity index is 174. The minimum atomic E-state index is -0.299. The summed E-state index contributed by atoms with van der Waals surface area (Å²) in [5.74, 6) is 0.891. The highest BCUT2D eigenvalue weighted by molar-refractivity contribution is 7.98. The van der Waals surface area contributed by atoms with Crippen molar-refractivity contribution in [3.8, 4) is 0 Å². The van der Waals surface area contributed by atoms with Crippen LogP contribution in [-0.4, -0.2) is 30.2 Å². The minimum Gasteiger partial charge on any atom is -0.347 e. The van der Waals surface area contributed by atoms with Crippen LogP contribution in [0.3, 0.4) is 0 Å². The monoisotopic (exact) mass is 217 g/mol. The van der Waals surface area contributed by atoms with E-state index in [-0.39, 0.29) is 11.9 Å². The van der Waals surface area contributed by atoms with Gasteiger partial charge in [-0.1, -0.05) is 13.3 Å². The summed E-state index contributed by atoms with van der Waals surface area (Å²) in [6.07, 6.45) is 5.95. The van der Waals surface area contributed by atoms with Crippen molar-refractivity contribution >= 4 is 24.0 Å². The molecule has 1 atom stereocenters. The molecule has 0 bridgehead atoms. The molecule has 0 aromatic heterocycles. The van der Waals surface area contributed by atoms with E-state index in [2.05, 4.69) is 5.32 Å². The number of rotatable bonds is 8. The predicted molar refractivity (Wildman–Crippen MR) is 60.5 cm³/mol. The molecule has 0 aromatic carbocycles. The second-order valence-corrected chi connectivity index (χ2v) is 4.18. The first-order valence-electron chi connectivity index (χ1n) is 4.98. The third kappa shape index (κ3) is 6.95. The van der Waals surface area contributed by atoms with Crippen molar-refractivity contribution in [2.75, 3.05) is 12.0 Å². The molecular formula is C10H19NO2S. The van der Waals surface area contributed by atoms with Crippen molar-refractivity contribution in [1.82, 2.24) is 5.32 Å². The number of carbonyl (C=O) groups is 2. The first kappa shape index (κ1) is 13.5. The summed E-state index contributed by atoms with van der Waals surface area (Å²) in [6.45, 7) is 2.04. The lowest BCUT2D eigenvalue weighted by Crippen LogP contribution is -2.36. The highest BCUT2D eigenvalue weighted by Crippen LogP contribution is 2.00. The molecule has 4 heteroatoms. The molecule has 0 aliphatic carbocycles. The Balaban J connectivity index is 3.68. The molecule has 82 valence electrons. The van der Waals surface area contributed by atoms with Gasteiger partial charge >= 0.3 is 0 Å². The van der Waals surface area contributed by atoms with Crippen LogP contribution < -0.4 is 5.32 Å². The molecule has 14 heavy (non-hydrogen) atoms. The zero-order valence-corrected chi connectivity index (χ0v) is 9.73. The molecule has 0 aromatic rings. The third-order valence-electron chi connectivity index (χ3n) is 1.90. The number of unbranched alkanes of at least 4 members (excludes halogenated alkanes) is 1. The molecule has 0 aliphatic heterocycles. The van der Waals surface area contributed by atoms with Gasteiger partial charge in [0.15, 0.2) is 0 Å². The number of aldehydes is 1. The number of amides is 1. The van der Waals surface area contributed by atoms with E-state index in [0.717, 1.165) is 31.3 Å². The molecule has 0 radical (unpaired) electrons. The van der Waals surface area contributed by atoms with Crippen LogP contribution in [0, 0.1) is 0 Å². The number of hydrogen-bond acceptors (Lipinski definition) is 3. The molecule has 0 rings (SSSR count). The van der Waals surface area contributed by atoms with Crippen LogP contribution in [0.2, 0.25) is 0 Å². The second-order valence-electron chi connectivity index (χ2n) is 3.20. The molecule has 0 unspecified atom stereocenters. The average Bonchev–Trinajstić information content (AvgIpc) is 2.21. The van der Waals surface area contributed by atoms with E-state index in [0.29, 0.717) is 6.42 Å². The van der Waals surface area contributed by atoms with Crippen LogP contribution >= 0.6 is 11.8 Å². The van der Waals surface area contributed by atoms with E-state index in [9.17, 15) is 9.59 Å². The number of thioether (sulfide) groups is 1. The zero-order chi connectivity index (χ0) is 10.8. The van der Waals surface area contributed by atoms with E-state index in [4.69, 9.17) is 0 Å². The van der Waals surface area contributed by atoms with E-state index in [1.165, 1.54) is 0 Å². The van der Waals surface area contributed by atoms with Gasteiger partial charge in [-0.2, -0.15) is 11.8 Å². The maximum Gasteiger partial charge on any atom is 0.220 e. The van der Waals surface area contributed by atoms with Crippen LogP contribution in [0.5, 0.6) is 0 Å². The van der Waals surface area contributed by atoms with Gasteiger partial charge in [0.1, 0.15) is 6.29 Å². The summed E-state index contributed by atoms with van der Waals surface area (Å²) < 4.78 is 0. The fourth-order valence-electron chi connectivity index (χ4n) is 1.04. The summed E-state index contributed by atoms with van der Waals surface area (Å²) >= 11 is 1.68. The molecule has 0 saturated carbocycles. The van der Waals surface area contributed by atoms with E-state index < -0.39 is 0 Å². The Kier molecular flexibility index (Phi) is 8.73. The molecule has 1 N–H and O–H groups in total. The van der Waals surface area contributed by atoms with E-state index in [1.807, 2.05) is 13.2 Å². The van der Waals surface area contributed by atoms with E-state index in [1.54, 1.807) is 11.8 Å². The van der Waals surface area contributed by atoms with Gasteiger partial charge in [-0.15, -0.1) is 0 Å². The number of hydrogen-bond donors (Lipinski definition) is 1. The molecule has 0 saturated heterocycles. The largest absolute Gasteiger partial charge is 0.347 e. The number of carbonyl (C=O) groups excluding carboxylic acids is 2. The Morgan fingerprint density at radius 3 is 2.79 bits per heavy atom. The lowest BCUT2D eigenvalue weighted by Gasteiger charge is -2.11. The summed E-state index contributed by atoms with van der Waals surface area (Å²) in [5, 5.41) is 2.72. The van der Waals surface area contributed by atoms with Gasteiger partial charge in [-0.05, 0) is 24.9 Å². The Labute approximate surface area is 90.0 Å². The van der Waals surface area contributed by atoms with Gasteiger partial charge < -0.3 is 10.1 Å². The van der Waals surface area contributed by atoms with Crippen LogP contribution in [0.15, 0.2) is 0 Å². The second kappa shape index (κ2) is 9.06. The number of nitrogens with one attached hydrogen (secondary N) is 1. The Morgan fingerprint density at radius 1 is 1.57 bits per heavy atom. The molecule has 0 spiro atoms. The van der Waals surface area contributed by atoms with E-state index >= 15 is 0 Å². The molecule has 0 aliphatic rings. The van der Waals surface area contributed by atoms with Gasteiger partial charge in [0.2, 0.25) is 5.91 Å². The first-order chi connectivity index (χ1) is 6.74. The van der Waals surface area contributed by atoms with Crippen molar-refractivity contribution < 1.29 is 9.59 Å². The van der Waals surface area contributed by atoms with Crippen molar-refractivity contribution in [3.05, 3.63) is 0 Å². The SMILES string of the molecule is CCCCC(=O)N[C@H](C=O)CCSC. The van der Waals surface area contributed by atoms with Crippen molar-refractivity contribution in [2.45, 2.75) is 38.6 Å². The predicted octanol–water partition coefficient (Wildman–Crippen LogP) is 1.61. The van der Waals surface area contributed by atoms with Crippen LogP contribution in [0.1, 0.15) is 32.6 Å². The summed E-state index contributed by atoms with van der Waals surface area (Å²) in [7, 11) is 0. The smallest absolute Gasteiger partial charge is 0.220 e. The zero-order valence-electron chi connectivity index (χ0n) is 8.91. The van der Waals surface area contributed by atoms with Crippen LogP contribution in [0.25, 0.3) is 0 Å². The maximum atomic E-state index is 11.3. The fraction of sp³-hybridized carbons (Fsp3) is 0.800. The summed E-state index contributed by atoms with van der Waals surface area (Å²) in [6, 6.07) is -0.299. The fourth-order valence-corrected chi connectivity index (χ4v) is 1.52. The third-order valence-corrected chi connectivity index (χ3v) is 2.54. The minimum absolute atomic E-state index is 0.00921. The Hall–Kier alpha value is -0.510. The molecule has 0 heterocycles. The van der Waals surface area contributed by atoms with Gasteiger partial charge in [0.05, 0.1) is 6.04 Å². The van der Waals surface area contributed by atoms with Gasteiger partial charge in [-0.25, -0.2) is 0 Å². The lowest BCUT2D eigenvalue weighted by atomic mass is 10.2. The lowest BCUT2D eigenvalue weighted by molar-refractivity contribution is -0.124. The quantitative estimate of drug-likeness (QED) is 0.628. The highest BCUT2D eigenvalue weighted by atomic mass is 32.2. The molecule has 1 amide bonds.